The van der Waals surface area contributed by atoms with Crippen LogP contribution in [0.5, 0.6) is 0 Å². The molecule has 1 N–H and O–H groups in total. The van der Waals surface area contributed by atoms with E-state index >= 15 is 0 Å². The number of para-hydroxylation sites is 1. The van der Waals surface area contributed by atoms with E-state index in [1.807, 2.05) is 0 Å². The number of H-pyrrole nitrogens is 1. The predicted octanol–water partition coefficient (Wildman–Crippen LogP) is 5.73. The van der Waals surface area contributed by atoms with Gasteiger partial charge in [0.25, 0.3) is 0 Å². The van der Waals surface area contributed by atoms with Crippen molar-refractivity contribution in [1.29, 1.82) is 0 Å². The molecule has 0 atom stereocenters. The summed E-state index contributed by atoms with van der Waals surface area (Å²) in [5, 5.41) is 1.32. The van der Waals surface area contributed by atoms with Crippen molar-refractivity contribution in [2.75, 3.05) is 0 Å². The van der Waals surface area contributed by atoms with Gasteiger partial charge in [0.1, 0.15) is 0 Å². The van der Waals surface area contributed by atoms with Crippen LogP contribution in [-0.4, -0.2) is 4.98 Å². The number of hydrogen-bond donors (Lipinski definition) is 1. The van der Waals surface area contributed by atoms with Crippen LogP contribution in [0.1, 0.15) is 16.7 Å². The van der Waals surface area contributed by atoms with Crippen molar-refractivity contribution in [2.45, 2.75) is 13.3 Å². The number of hydrogen-bond acceptors (Lipinski definition) is 0. The number of benzene rings is 3. The van der Waals surface area contributed by atoms with Crippen LogP contribution in [0.15, 0.2) is 79.0 Å². The maximum Gasteiger partial charge on any atom is 0.0456 e. The summed E-state index contributed by atoms with van der Waals surface area (Å²) in [6, 6.07) is 25.7. The third kappa shape index (κ3) is 2.55. The highest BCUT2D eigenvalue weighted by Gasteiger charge is 2.09. The van der Waals surface area contributed by atoms with Gasteiger partial charge in [-0.3, -0.25) is 0 Å². The van der Waals surface area contributed by atoms with Crippen LogP contribution < -0.4 is 0 Å². The normalized spacial score (nSPS) is 11.0. The van der Waals surface area contributed by atoms with Crippen LogP contribution in [0.2, 0.25) is 0 Å². The maximum atomic E-state index is 3.37. The molecule has 0 unspecified atom stereocenters. The van der Waals surface area contributed by atoms with Gasteiger partial charge < -0.3 is 4.98 Å². The Labute approximate surface area is 136 Å². The molecular weight excluding hydrogens is 278 g/mol. The summed E-state index contributed by atoms with van der Waals surface area (Å²) in [4.78, 5) is 3.37. The minimum atomic E-state index is 0.955. The summed E-state index contributed by atoms with van der Waals surface area (Å²) < 4.78 is 0. The van der Waals surface area contributed by atoms with Crippen LogP contribution in [-0.2, 0) is 6.42 Å². The smallest absolute Gasteiger partial charge is 0.0456 e. The highest BCUT2D eigenvalue weighted by atomic mass is 14.7. The summed E-state index contributed by atoms with van der Waals surface area (Å²) in [6.07, 6.45) is 3.09. The number of rotatable bonds is 3. The Kier molecular flexibility index (Phi) is 3.47. The molecule has 0 spiro atoms. The predicted molar refractivity (Wildman–Crippen MR) is 97.7 cm³/mol. The number of aromatic amines is 1. The first-order chi connectivity index (χ1) is 11.3. The Hall–Kier alpha value is -2.80. The first-order valence-electron chi connectivity index (χ1n) is 8.02. The first kappa shape index (κ1) is 13.8. The van der Waals surface area contributed by atoms with E-state index in [9.17, 15) is 0 Å². The molecule has 1 heteroatoms. The van der Waals surface area contributed by atoms with Gasteiger partial charge in [-0.25, -0.2) is 0 Å². The zero-order valence-corrected chi connectivity index (χ0v) is 13.2. The van der Waals surface area contributed by atoms with Crippen molar-refractivity contribution >= 4 is 10.9 Å². The van der Waals surface area contributed by atoms with Crippen LogP contribution in [0, 0.1) is 6.92 Å². The number of nitrogens with one attached hydrogen (secondary N) is 1. The van der Waals surface area contributed by atoms with E-state index in [1.165, 1.54) is 38.7 Å². The van der Waals surface area contributed by atoms with Gasteiger partial charge in [-0.15, -0.1) is 0 Å². The molecule has 4 rings (SSSR count). The molecule has 0 radical (unpaired) electrons. The third-order valence-electron chi connectivity index (χ3n) is 4.59. The molecule has 1 nitrogen and oxygen atoms in total. The molecular formula is C22H19N. The van der Waals surface area contributed by atoms with Crippen molar-refractivity contribution < 1.29 is 0 Å². The molecule has 4 aromatic rings. The summed E-state index contributed by atoms with van der Waals surface area (Å²) in [5.41, 5.74) is 7.92. The summed E-state index contributed by atoms with van der Waals surface area (Å²) in [5.74, 6) is 0. The van der Waals surface area contributed by atoms with E-state index in [0.717, 1.165) is 6.42 Å². The van der Waals surface area contributed by atoms with Gasteiger partial charge in [-0.1, -0.05) is 66.7 Å². The highest BCUT2D eigenvalue weighted by Crippen LogP contribution is 2.28. The Morgan fingerprint density at radius 1 is 0.739 bits per heavy atom. The van der Waals surface area contributed by atoms with Gasteiger partial charge in [0, 0.05) is 17.1 Å². The molecule has 0 saturated carbocycles. The summed E-state index contributed by atoms with van der Waals surface area (Å²) in [6.45, 7) is 2.23. The largest absolute Gasteiger partial charge is 0.361 e. The minimum Gasteiger partial charge on any atom is -0.361 e. The van der Waals surface area contributed by atoms with Crippen LogP contribution in [0.4, 0.5) is 0 Å². The molecule has 0 fully saturated rings. The summed E-state index contributed by atoms with van der Waals surface area (Å²) in [7, 11) is 0. The SMILES string of the molecule is Cc1c(Cc2c[nH]c3ccccc23)cccc1-c1ccccc1. The van der Waals surface area contributed by atoms with E-state index in [2.05, 4.69) is 90.9 Å². The molecule has 23 heavy (non-hydrogen) atoms. The zero-order valence-electron chi connectivity index (χ0n) is 13.2. The first-order valence-corrected chi connectivity index (χ1v) is 8.02. The van der Waals surface area contributed by atoms with Crippen molar-refractivity contribution in [3.63, 3.8) is 0 Å². The second-order valence-electron chi connectivity index (χ2n) is 5.99. The molecule has 1 heterocycles. The molecule has 1 aromatic heterocycles. The van der Waals surface area contributed by atoms with E-state index < -0.39 is 0 Å². The van der Waals surface area contributed by atoms with Crippen molar-refractivity contribution in [3.05, 3.63) is 95.7 Å². The van der Waals surface area contributed by atoms with Crippen molar-refractivity contribution in [2.24, 2.45) is 0 Å². The van der Waals surface area contributed by atoms with E-state index in [4.69, 9.17) is 0 Å². The van der Waals surface area contributed by atoms with E-state index in [-0.39, 0.29) is 0 Å². The summed E-state index contributed by atoms with van der Waals surface area (Å²) >= 11 is 0. The van der Waals surface area contributed by atoms with Crippen LogP contribution in [0.25, 0.3) is 22.0 Å². The Morgan fingerprint density at radius 3 is 2.39 bits per heavy atom. The quantitative estimate of drug-likeness (QED) is 0.496. The lowest BCUT2D eigenvalue weighted by molar-refractivity contribution is 1.17. The Morgan fingerprint density at radius 2 is 1.52 bits per heavy atom. The minimum absolute atomic E-state index is 0.955. The van der Waals surface area contributed by atoms with Crippen LogP contribution in [0.3, 0.4) is 0 Å². The number of aromatic nitrogens is 1. The average Bonchev–Trinajstić information content (AvgIpc) is 3.01. The molecule has 0 saturated heterocycles. The van der Waals surface area contributed by atoms with Crippen molar-refractivity contribution in [1.82, 2.24) is 4.98 Å². The van der Waals surface area contributed by atoms with Gasteiger partial charge >= 0.3 is 0 Å². The second-order valence-corrected chi connectivity index (χ2v) is 5.99. The van der Waals surface area contributed by atoms with Crippen molar-refractivity contribution in [3.8, 4) is 11.1 Å². The Bertz CT molecular complexity index is 948. The lowest BCUT2D eigenvalue weighted by Gasteiger charge is -2.11. The van der Waals surface area contributed by atoms with E-state index in [0.29, 0.717) is 0 Å². The highest BCUT2D eigenvalue weighted by molar-refractivity contribution is 5.83. The van der Waals surface area contributed by atoms with Gasteiger partial charge in [0.05, 0.1) is 0 Å². The maximum absolute atomic E-state index is 3.37. The van der Waals surface area contributed by atoms with Gasteiger partial charge in [0.15, 0.2) is 0 Å². The van der Waals surface area contributed by atoms with E-state index in [1.54, 1.807) is 0 Å². The average molecular weight is 297 g/mol. The molecule has 0 amide bonds. The lowest BCUT2D eigenvalue weighted by Crippen LogP contribution is -1.94. The fraction of sp³-hybridized carbons (Fsp3) is 0.0909. The third-order valence-corrected chi connectivity index (χ3v) is 4.59. The molecule has 0 aliphatic carbocycles. The fourth-order valence-corrected chi connectivity index (χ4v) is 3.29. The second kappa shape index (κ2) is 5.77. The molecule has 112 valence electrons. The fourth-order valence-electron chi connectivity index (χ4n) is 3.29. The molecule has 0 aliphatic rings. The van der Waals surface area contributed by atoms with Gasteiger partial charge in [0.2, 0.25) is 0 Å². The molecule has 0 bridgehead atoms. The molecule has 0 aliphatic heterocycles. The topological polar surface area (TPSA) is 15.8 Å². The standard InChI is InChI=1S/C22H19N/c1-16-18(10-7-12-20(16)17-8-3-2-4-9-17)14-19-15-23-22-13-6-5-11-21(19)22/h2-13,15,23H,14H2,1H3. The number of fused-ring (bicyclic) bond motifs is 1. The van der Waals surface area contributed by atoms with Gasteiger partial charge in [-0.05, 0) is 47.2 Å². The Balaban J connectivity index is 1.76. The van der Waals surface area contributed by atoms with Gasteiger partial charge in [-0.2, -0.15) is 0 Å². The lowest BCUT2D eigenvalue weighted by atomic mass is 9.93. The zero-order chi connectivity index (χ0) is 15.6. The molecule has 3 aromatic carbocycles. The monoisotopic (exact) mass is 297 g/mol. The van der Waals surface area contributed by atoms with Crippen LogP contribution >= 0.6 is 0 Å².